The molecule has 3 bridgehead atoms. The molecule has 3 aliphatic heterocycles. The van der Waals surface area contributed by atoms with E-state index in [0.717, 1.165) is 19.1 Å². The minimum atomic E-state index is -3.40. The summed E-state index contributed by atoms with van der Waals surface area (Å²) in [4.78, 5) is 0. The number of hydrogen-bond donors (Lipinski definition) is 0. The summed E-state index contributed by atoms with van der Waals surface area (Å²) in [6.07, 6.45) is 3.39. The van der Waals surface area contributed by atoms with Crippen molar-refractivity contribution in [3.8, 4) is 0 Å². The molecule has 0 aromatic rings. The normalized spacial score (nSPS) is 48.5. The number of hydrogen-bond acceptors (Lipinski definition) is 5. The summed E-state index contributed by atoms with van der Waals surface area (Å²) in [5, 5.41) is 0. The van der Waals surface area contributed by atoms with Crippen LogP contribution in [0.5, 0.6) is 0 Å². The predicted molar refractivity (Wildman–Crippen MR) is 50.9 cm³/mol. The summed E-state index contributed by atoms with van der Waals surface area (Å²) in [5.41, 5.74) is 0. The fraction of sp³-hybridized carbons (Fsp3) is 1.00. The van der Waals surface area contributed by atoms with Crippen LogP contribution in [0.4, 0.5) is 0 Å². The first kappa shape index (κ1) is 10.0. The van der Waals surface area contributed by atoms with E-state index in [-0.39, 0.29) is 30.5 Å². The van der Waals surface area contributed by atoms with Crippen LogP contribution in [0.2, 0.25) is 0 Å². The van der Waals surface area contributed by atoms with Crippen molar-refractivity contribution in [2.45, 2.75) is 49.8 Å². The number of ether oxygens (including phenoxy) is 2. The molecule has 3 fully saturated rings. The summed E-state index contributed by atoms with van der Waals surface area (Å²) >= 11 is 0. The van der Waals surface area contributed by atoms with Gasteiger partial charge >= 0.3 is 0 Å². The molecule has 86 valence electrons. The monoisotopic (exact) mass is 234 g/mol. The molecule has 0 saturated carbocycles. The minimum absolute atomic E-state index is 0.0282. The van der Waals surface area contributed by atoms with Gasteiger partial charge in [-0.1, -0.05) is 0 Å². The van der Waals surface area contributed by atoms with Gasteiger partial charge in [0.15, 0.2) is 0 Å². The van der Waals surface area contributed by atoms with E-state index in [2.05, 4.69) is 0 Å². The van der Waals surface area contributed by atoms with Crippen LogP contribution in [0.15, 0.2) is 0 Å². The van der Waals surface area contributed by atoms with Crippen molar-refractivity contribution in [1.29, 1.82) is 0 Å². The van der Waals surface area contributed by atoms with Gasteiger partial charge in [0.05, 0.1) is 30.7 Å². The second-order valence-corrected chi connectivity index (χ2v) is 6.16. The zero-order valence-electron chi connectivity index (χ0n) is 8.46. The quantitative estimate of drug-likeness (QED) is 0.632. The molecule has 0 radical (unpaired) electrons. The zero-order valence-corrected chi connectivity index (χ0v) is 9.27. The van der Waals surface area contributed by atoms with E-state index >= 15 is 0 Å². The van der Waals surface area contributed by atoms with Gasteiger partial charge in [0.25, 0.3) is 10.1 Å². The highest BCUT2D eigenvalue weighted by molar-refractivity contribution is 7.86. The molecular weight excluding hydrogens is 220 g/mol. The van der Waals surface area contributed by atoms with Gasteiger partial charge in [-0.25, -0.2) is 0 Å². The van der Waals surface area contributed by atoms with Crippen molar-refractivity contribution >= 4 is 10.1 Å². The van der Waals surface area contributed by atoms with Crippen molar-refractivity contribution in [2.24, 2.45) is 0 Å². The van der Waals surface area contributed by atoms with E-state index in [1.807, 2.05) is 0 Å². The van der Waals surface area contributed by atoms with Crippen LogP contribution >= 0.6 is 0 Å². The molecule has 0 amide bonds. The highest BCUT2D eigenvalue weighted by atomic mass is 32.2. The van der Waals surface area contributed by atoms with Crippen molar-refractivity contribution in [3.05, 3.63) is 0 Å². The van der Waals surface area contributed by atoms with Gasteiger partial charge < -0.3 is 9.47 Å². The Kier molecular flexibility index (Phi) is 2.11. The van der Waals surface area contributed by atoms with Crippen molar-refractivity contribution in [2.75, 3.05) is 6.26 Å². The lowest BCUT2D eigenvalue weighted by Gasteiger charge is -2.37. The largest absolute Gasteiger partial charge is 0.372 e. The van der Waals surface area contributed by atoms with Gasteiger partial charge in [0.1, 0.15) is 6.10 Å². The molecule has 3 saturated heterocycles. The van der Waals surface area contributed by atoms with E-state index in [9.17, 15) is 8.42 Å². The van der Waals surface area contributed by atoms with Gasteiger partial charge in [0, 0.05) is 19.3 Å². The Morgan fingerprint density at radius 3 is 2.47 bits per heavy atom. The topological polar surface area (TPSA) is 61.8 Å². The highest BCUT2D eigenvalue weighted by Gasteiger charge is 2.51. The summed E-state index contributed by atoms with van der Waals surface area (Å²) in [5.74, 6) is 0. The van der Waals surface area contributed by atoms with Gasteiger partial charge in [-0.2, -0.15) is 8.42 Å². The van der Waals surface area contributed by atoms with Crippen LogP contribution in [0.1, 0.15) is 19.3 Å². The first-order chi connectivity index (χ1) is 7.01. The average Bonchev–Trinajstić information content (AvgIpc) is 2.30. The standard InChI is InChI=1S/C9H14O5S/c1-15(10,11)14-9-4-8-6-2-5(12-8)3-7(9)13-6/h5-9H,2-4H2,1H3/t5-,6-,7+,8-,9-/m1/s1. The zero-order chi connectivity index (χ0) is 10.6. The Morgan fingerprint density at radius 1 is 1.07 bits per heavy atom. The maximum absolute atomic E-state index is 11.1. The molecule has 0 aromatic heterocycles. The van der Waals surface area contributed by atoms with Crippen LogP contribution in [0.25, 0.3) is 0 Å². The smallest absolute Gasteiger partial charge is 0.264 e. The lowest BCUT2D eigenvalue weighted by atomic mass is 9.90. The highest BCUT2D eigenvalue weighted by Crippen LogP contribution is 2.42. The molecule has 0 aliphatic carbocycles. The van der Waals surface area contributed by atoms with Crippen LogP contribution < -0.4 is 0 Å². The SMILES string of the molecule is CS(=O)(=O)O[C@@H]1C[C@H]2O[C@H]3C[C@@H]1O[C@@H]2C3. The predicted octanol–water partition coefficient (Wildman–Crippen LogP) is 0.0499. The Bertz CT molecular complexity index is 363. The molecule has 0 aromatic carbocycles. The maximum Gasteiger partial charge on any atom is 0.264 e. The molecule has 3 heterocycles. The Morgan fingerprint density at radius 2 is 1.73 bits per heavy atom. The minimum Gasteiger partial charge on any atom is -0.372 e. The van der Waals surface area contributed by atoms with Crippen LogP contribution in [0, 0.1) is 0 Å². The fourth-order valence-corrected chi connectivity index (χ4v) is 3.44. The molecule has 3 rings (SSSR count). The third kappa shape index (κ3) is 1.80. The van der Waals surface area contributed by atoms with Crippen LogP contribution in [-0.4, -0.2) is 45.2 Å². The molecular formula is C9H14O5S. The number of fused-ring (bicyclic) bond motifs is 2. The Hall–Kier alpha value is -0.170. The molecule has 0 unspecified atom stereocenters. The van der Waals surface area contributed by atoms with Crippen LogP contribution in [0.3, 0.4) is 0 Å². The third-order valence-corrected chi connectivity index (χ3v) is 3.90. The van der Waals surface area contributed by atoms with Crippen molar-refractivity contribution < 1.29 is 22.1 Å². The summed E-state index contributed by atoms with van der Waals surface area (Å²) < 4.78 is 38.6. The molecule has 6 heteroatoms. The van der Waals surface area contributed by atoms with E-state index in [4.69, 9.17) is 13.7 Å². The molecule has 0 spiro atoms. The molecule has 0 N–H and O–H groups in total. The van der Waals surface area contributed by atoms with E-state index < -0.39 is 10.1 Å². The molecule has 3 aliphatic rings. The fourth-order valence-electron chi connectivity index (χ4n) is 2.79. The Balaban J connectivity index is 1.78. The van der Waals surface area contributed by atoms with Crippen molar-refractivity contribution in [3.63, 3.8) is 0 Å². The van der Waals surface area contributed by atoms with Gasteiger partial charge in [-0.05, 0) is 0 Å². The molecule has 5 nitrogen and oxygen atoms in total. The maximum atomic E-state index is 11.1. The first-order valence-electron chi connectivity index (χ1n) is 5.20. The lowest BCUT2D eigenvalue weighted by Crippen LogP contribution is -2.48. The summed E-state index contributed by atoms with van der Waals surface area (Å²) in [6.45, 7) is 0. The first-order valence-corrected chi connectivity index (χ1v) is 7.02. The van der Waals surface area contributed by atoms with Gasteiger partial charge in [-0.15, -0.1) is 0 Å². The summed E-state index contributed by atoms with van der Waals surface area (Å²) in [7, 11) is -3.40. The number of rotatable bonds is 2. The van der Waals surface area contributed by atoms with E-state index in [1.54, 1.807) is 0 Å². The van der Waals surface area contributed by atoms with Crippen molar-refractivity contribution in [1.82, 2.24) is 0 Å². The second kappa shape index (κ2) is 3.16. The van der Waals surface area contributed by atoms with E-state index in [1.165, 1.54) is 0 Å². The second-order valence-electron chi connectivity index (χ2n) is 4.56. The van der Waals surface area contributed by atoms with Crippen LogP contribution in [-0.2, 0) is 23.8 Å². The van der Waals surface area contributed by atoms with E-state index in [0.29, 0.717) is 6.42 Å². The Labute approximate surface area is 88.8 Å². The van der Waals surface area contributed by atoms with Gasteiger partial charge in [0.2, 0.25) is 0 Å². The average molecular weight is 234 g/mol. The molecule has 15 heavy (non-hydrogen) atoms. The van der Waals surface area contributed by atoms with Gasteiger partial charge in [-0.3, -0.25) is 4.18 Å². The summed E-state index contributed by atoms with van der Waals surface area (Å²) in [6, 6.07) is 0. The lowest BCUT2D eigenvalue weighted by molar-refractivity contribution is -0.128. The molecule has 5 atom stereocenters. The third-order valence-electron chi connectivity index (χ3n) is 3.30.